The highest BCUT2D eigenvalue weighted by molar-refractivity contribution is 5.67. The van der Waals surface area contributed by atoms with E-state index in [2.05, 4.69) is 45.1 Å². The predicted octanol–water partition coefficient (Wildman–Crippen LogP) is 2.87. The van der Waals surface area contributed by atoms with Crippen LogP contribution in [0.3, 0.4) is 0 Å². The smallest absolute Gasteiger partial charge is 0.164 e. The Kier molecular flexibility index (Phi) is 3.15. The Balaban J connectivity index is 1.63. The zero-order valence-electron chi connectivity index (χ0n) is 12.4. The van der Waals surface area contributed by atoms with Gasteiger partial charge >= 0.3 is 0 Å². The van der Waals surface area contributed by atoms with Gasteiger partial charge in [0.25, 0.3) is 0 Å². The van der Waals surface area contributed by atoms with Gasteiger partial charge in [0.05, 0.1) is 0 Å². The minimum absolute atomic E-state index is 0.779. The van der Waals surface area contributed by atoms with Gasteiger partial charge in [0.2, 0.25) is 0 Å². The maximum Gasteiger partial charge on any atom is 0.164 e. The molecule has 1 aliphatic rings. The van der Waals surface area contributed by atoms with Gasteiger partial charge < -0.3 is 10.3 Å². The van der Waals surface area contributed by atoms with Crippen molar-refractivity contribution in [3.05, 3.63) is 65.5 Å². The lowest BCUT2D eigenvalue weighted by molar-refractivity contribution is 0.638. The Morgan fingerprint density at radius 2 is 1.86 bits per heavy atom. The molecule has 110 valence electrons. The van der Waals surface area contributed by atoms with E-state index in [1.807, 2.05) is 18.2 Å². The fraction of sp³-hybridized carbons (Fsp3) is 0.222. The van der Waals surface area contributed by atoms with Crippen molar-refractivity contribution >= 4 is 5.69 Å². The van der Waals surface area contributed by atoms with Crippen LogP contribution in [0, 0.1) is 0 Å². The van der Waals surface area contributed by atoms with Gasteiger partial charge in [0.15, 0.2) is 5.82 Å². The zero-order chi connectivity index (χ0) is 14.9. The fourth-order valence-electron chi connectivity index (χ4n) is 3.11. The Morgan fingerprint density at radius 3 is 2.73 bits per heavy atom. The monoisotopic (exact) mass is 290 g/mol. The molecule has 2 N–H and O–H groups in total. The fourth-order valence-corrected chi connectivity index (χ4v) is 3.11. The number of aromatic nitrogens is 3. The van der Waals surface area contributed by atoms with E-state index in [0.29, 0.717) is 0 Å². The molecular weight excluding hydrogens is 272 g/mol. The molecule has 4 nitrogen and oxygen atoms in total. The van der Waals surface area contributed by atoms with Crippen molar-refractivity contribution in [2.45, 2.75) is 25.8 Å². The van der Waals surface area contributed by atoms with Gasteiger partial charge in [-0.05, 0) is 36.1 Å². The van der Waals surface area contributed by atoms with Gasteiger partial charge in [-0.15, -0.1) is 10.2 Å². The van der Waals surface area contributed by atoms with Gasteiger partial charge in [-0.1, -0.05) is 36.4 Å². The second kappa shape index (κ2) is 5.30. The van der Waals surface area contributed by atoms with Crippen LogP contribution in [-0.2, 0) is 25.8 Å². The molecule has 0 fully saturated rings. The third kappa shape index (κ3) is 2.26. The molecule has 2 aromatic carbocycles. The van der Waals surface area contributed by atoms with Gasteiger partial charge in [-0.2, -0.15) is 0 Å². The highest BCUT2D eigenvalue weighted by atomic mass is 15.3. The van der Waals surface area contributed by atoms with Gasteiger partial charge in [-0.25, -0.2) is 0 Å². The Bertz CT molecular complexity index is 805. The van der Waals surface area contributed by atoms with E-state index < -0.39 is 0 Å². The van der Waals surface area contributed by atoms with Crippen LogP contribution in [0.15, 0.2) is 48.5 Å². The molecule has 0 spiro atoms. The maximum atomic E-state index is 5.92. The third-order valence-corrected chi connectivity index (χ3v) is 4.29. The maximum absolute atomic E-state index is 5.92. The third-order valence-electron chi connectivity index (χ3n) is 4.29. The molecule has 0 saturated heterocycles. The van der Waals surface area contributed by atoms with Crippen LogP contribution in [0.4, 0.5) is 5.69 Å². The van der Waals surface area contributed by atoms with Crippen molar-refractivity contribution in [3.8, 4) is 11.4 Å². The van der Waals surface area contributed by atoms with Gasteiger partial charge in [-0.3, -0.25) is 0 Å². The highest BCUT2D eigenvalue weighted by Gasteiger charge is 2.21. The summed E-state index contributed by atoms with van der Waals surface area (Å²) in [5.41, 5.74) is 10.5. The molecule has 0 unspecified atom stereocenters. The first kappa shape index (κ1) is 13.1. The number of benzene rings is 2. The van der Waals surface area contributed by atoms with Crippen molar-refractivity contribution in [3.63, 3.8) is 0 Å². The van der Waals surface area contributed by atoms with E-state index in [1.54, 1.807) is 0 Å². The molecule has 0 atom stereocenters. The summed E-state index contributed by atoms with van der Waals surface area (Å²) in [4.78, 5) is 0. The van der Waals surface area contributed by atoms with Gasteiger partial charge in [0, 0.05) is 24.2 Å². The lowest BCUT2D eigenvalue weighted by Crippen LogP contribution is -2.14. The summed E-state index contributed by atoms with van der Waals surface area (Å²) in [5, 5.41) is 8.82. The molecule has 0 amide bonds. The minimum Gasteiger partial charge on any atom is -0.399 e. The average molecular weight is 290 g/mol. The quantitative estimate of drug-likeness (QED) is 0.755. The molecule has 4 rings (SSSR count). The number of nitrogens with two attached hydrogens (primary N) is 1. The van der Waals surface area contributed by atoms with Gasteiger partial charge in [0.1, 0.15) is 5.82 Å². The lowest BCUT2D eigenvalue weighted by Gasteiger charge is -2.19. The second-order valence-corrected chi connectivity index (χ2v) is 5.74. The summed E-state index contributed by atoms with van der Waals surface area (Å²) in [6.45, 7) is 0.948. The molecule has 0 saturated carbocycles. The molecule has 4 heteroatoms. The average Bonchev–Trinajstić information content (AvgIpc) is 2.97. The van der Waals surface area contributed by atoms with Crippen LogP contribution in [0.1, 0.15) is 17.0 Å². The van der Waals surface area contributed by atoms with Crippen LogP contribution in [0.5, 0.6) is 0 Å². The number of aryl methyl sites for hydroxylation is 3. The van der Waals surface area contributed by atoms with E-state index in [-0.39, 0.29) is 0 Å². The number of fused-ring (bicyclic) bond motifs is 3. The number of hydrogen-bond acceptors (Lipinski definition) is 3. The van der Waals surface area contributed by atoms with E-state index in [4.69, 9.17) is 5.73 Å². The Labute approximate surface area is 129 Å². The first-order valence-electron chi connectivity index (χ1n) is 7.66. The number of anilines is 1. The lowest BCUT2D eigenvalue weighted by atomic mass is 10.00. The zero-order valence-corrected chi connectivity index (χ0v) is 12.4. The Hall–Kier alpha value is -2.62. The minimum atomic E-state index is 0.779. The molecule has 2 heterocycles. The molecule has 1 aliphatic heterocycles. The summed E-state index contributed by atoms with van der Waals surface area (Å²) in [6.07, 6.45) is 2.91. The summed E-state index contributed by atoms with van der Waals surface area (Å²) >= 11 is 0. The largest absolute Gasteiger partial charge is 0.399 e. The highest BCUT2D eigenvalue weighted by Crippen LogP contribution is 2.30. The standard InChI is InChI=1S/C18H18N4/c19-15-8-7-14-10-11-22-17(20-21-18(22)16(14)12-15)9-6-13-4-2-1-3-5-13/h1-5,7-8,12H,6,9-11,19H2. The summed E-state index contributed by atoms with van der Waals surface area (Å²) in [7, 11) is 0. The first-order chi connectivity index (χ1) is 10.8. The Morgan fingerprint density at radius 1 is 1.00 bits per heavy atom. The number of nitrogens with zero attached hydrogens (tertiary/aromatic N) is 3. The number of nitrogen functional groups attached to an aromatic ring is 1. The summed E-state index contributed by atoms with van der Waals surface area (Å²) in [5.74, 6) is 2.02. The van der Waals surface area contributed by atoms with E-state index in [9.17, 15) is 0 Å². The van der Waals surface area contributed by atoms with Crippen molar-refractivity contribution in [1.82, 2.24) is 14.8 Å². The van der Waals surface area contributed by atoms with Crippen molar-refractivity contribution in [2.24, 2.45) is 0 Å². The van der Waals surface area contributed by atoms with Crippen molar-refractivity contribution in [1.29, 1.82) is 0 Å². The topological polar surface area (TPSA) is 56.7 Å². The SMILES string of the molecule is Nc1ccc2c(c1)-c1nnc(CCc3ccccc3)n1CC2. The van der Waals surface area contributed by atoms with Crippen LogP contribution in [0.25, 0.3) is 11.4 Å². The van der Waals surface area contributed by atoms with E-state index in [1.165, 1.54) is 11.1 Å². The second-order valence-electron chi connectivity index (χ2n) is 5.74. The first-order valence-corrected chi connectivity index (χ1v) is 7.66. The molecule has 0 radical (unpaired) electrons. The molecule has 1 aromatic heterocycles. The van der Waals surface area contributed by atoms with E-state index in [0.717, 1.165) is 48.7 Å². The van der Waals surface area contributed by atoms with Crippen LogP contribution >= 0.6 is 0 Å². The number of rotatable bonds is 3. The molecule has 0 bridgehead atoms. The van der Waals surface area contributed by atoms with Crippen LogP contribution in [0.2, 0.25) is 0 Å². The van der Waals surface area contributed by atoms with Crippen LogP contribution in [-0.4, -0.2) is 14.8 Å². The summed E-state index contributed by atoms with van der Waals surface area (Å²) < 4.78 is 2.24. The normalized spacial score (nSPS) is 12.7. The van der Waals surface area contributed by atoms with E-state index >= 15 is 0 Å². The van der Waals surface area contributed by atoms with Crippen molar-refractivity contribution in [2.75, 3.05) is 5.73 Å². The molecule has 0 aliphatic carbocycles. The predicted molar refractivity (Wildman–Crippen MR) is 87.4 cm³/mol. The number of hydrogen-bond donors (Lipinski definition) is 1. The molecule has 3 aromatic rings. The molecule has 22 heavy (non-hydrogen) atoms. The van der Waals surface area contributed by atoms with Crippen LogP contribution < -0.4 is 5.73 Å². The summed E-state index contributed by atoms with van der Waals surface area (Å²) in [6, 6.07) is 16.6. The van der Waals surface area contributed by atoms with Crippen molar-refractivity contribution < 1.29 is 0 Å². The molecular formula is C18H18N4.